The summed E-state index contributed by atoms with van der Waals surface area (Å²) in [6.45, 7) is 4.37. The number of methoxy groups -OCH3 is 1. The third-order valence-corrected chi connectivity index (χ3v) is 4.02. The smallest absolute Gasteiger partial charge is 0.405 e. The van der Waals surface area contributed by atoms with E-state index < -0.39 is 12.7 Å². The number of nitrogens with one attached hydrogen (secondary N) is 1. The molecule has 0 aliphatic carbocycles. The molecule has 0 unspecified atom stereocenters. The van der Waals surface area contributed by atoms with Crippen LogP contribution in [0.5, 0.6) is 5.75 Å². The first-order chi connectivity index (χ1) is 8.19. The molecule has 0 spiro atoms. The lowest BCUT2D eigenvalue weighted by molar-refractivity contribution is -0.115. The van der Waals surface area contributed by atoms with Crippen molar-refractivity contribution in [1.82, 2.24) is 0 Å². The number of halogens is 4. The van der Waals surface area contributed by atoms with Crippen molar-refractivity contribution in [2.45, 2.75) is 26.9 Å². The maximum Gasteiger partial charge on any atom is 0.405 e. The molecule has 0 aliphatic heterocycles. The Morgan fingerprint density at radius 1 is 1.11 bits per heavy atom. The van der Waals surface area contributed by atoms with Crippen LogP contribution >= 0.6 is 15.9 Å². The van der Waals surface area contributed by atoms with Crippen LogP contribution in [0.25, 0.3) is 0 Å². The monoisotopic (exact) mass is 325 g/mol. The molecular weight excluding hydrogens is 311 g/mol. The fourth-order valence-corrected chi connectivity index (χ4v) is 2.24. The Bertz CT molecular complexity index is 458. The first-order valence-electron chi connectivity index (χ1n) is 5.33. The molecular formula is C12H15BrF3NO. The zero-order valence-corrected chi connectivity index (χ0v) is 12.2. The van der Waals surface area contributed by atoms with E-state index in [0.29, 0.717) is 17.0 Å². The molecule has 1 aromatic carbocycles. The van der Waals surface area contributed by atoms with Crippen molar-refractivity contribution in [1.29, 1.82) is 0 Å². The molecule has 2 nitrogen and oxygen atoms in total. The van der Waals surface area contributed by atoms with E-state index in [1.54, 1.807) is 6.92 Å². The van der Waals surface area contributed by atoms with E-state index in [1.807, 2.05) is 13.8 Å². The van der Waals surface area contributed by atoms with Gasteiger partial charge in [0.2, 0.25) is 0 Å². The van der Waals surface area contributed by atoms with E-state index in [9.17, 15) is 13.2 Å². The molecule has 6 heteroatoms. The highest BCUT2D eigenvalue weighted by Gasteiger charge is 2.28. The van der Waals surface area contributed by atoms with Crippen molar-refractivity contribution in [2.24, 2.45) is 0 Å². The van der Waals surface area contributed by atoms with Crippen molar-refractivity contribution in [3.8, 4) is 5.75 Å². The van der Waals surface area contributed by atoms with Gasteiger partial charge in [-0.15, -0.1) is 0 Å². The van der Waals surface area contributed by atoms with Gasteiger partial charge in [-0.05, 0) is 37.5 Å². The van der Waals surface area contributed by atoms with Crippen LogP contribution in [-0.4, -0.2) is 19.8 Å². The molecule has 0 saturated heterocycles. The van der Waals surface area contributed by atoms with E-state index >= 15 is 0 Å². The molecule has 0 heterocycles. The molecule has 18 heavy (non-hydrogen) atoms. The summed E-state index contributed by atoms with van der Waals surface area (Å²) in [5.41, 5.74) is 2.87. The van der Waals surface area contributed by atoms with Gasteiger partial charge in [0.15, 0.2) is 0 Å². The highest BCUT2D eigenvalue weighted by atomic mass is 79.9. The van der Waals surface area contributed by atoms with Gasteiger partial charge in [0.1, 0.15) is 12.3 Å². The van der Waals surface area contributed by atoms with Crippen LogP contribution in [0.15, 0.2) is 4.47 Å². The summed E-state index contributed by atoms with van der Waals surface area (Å²) in [7, 11) is 1.45. The zero-order valence-electron chi connectivity index (χ0n) is 10.6. The van der Waals surface area contributed by atoms with Crippen molar-refractivity contribution in [3.63, 3.8) is 0 Å². The van der Waals surface area contributed by atoms with Gasteiger partial charge in [-0.2, -0.15) is 13.2 Å². The van der Waals surface area contributed by atoms with Gasteiger partial charge in [0.05, 0.1) is 12.8 Å². The van der Waals surface area contributed by atoms with Crippen molar-refractivity contribution < 1.29 is 17.9 Å². The van der Waals surface area contributed by atoms with Gasteiger partial charge in [-0.1, -0.05) is 15.9 Å². The number of alkyl halides is 3. The number of benzene rings is 1. The Balaban J connectivity index is 3.25. The highest BCUT2D eigenvalue weighted by molar-refractivity contribution is 9.10. The SMILES string of the molecule is COc1c(C)c(C)c(Br)c(C)c1NCC(F)(F)F. The second kappa shape index (κ2) is 5.38. The summed E-state index contributed by atoms with van der Waals surface area (Å²) >= 11 is 3.39. The number of ether oxygens (including phenoxy) is 1. The molecule has 0 fully saturated rings. The molecule has 102 valence electrons. The van der Waals surface area contributed by atoms with Crippen LogP contribution in [0.4, 0.5) is 18.9 Å². The molecule has 1 aromatic rings. The van der Waals surface area contributed by atoms with E-state index in [4.69, 9.17) is 4.74 Å². The Kier molecular flexibility index (Phi) is 4.53. The molecule has 1 rings (SSSR count). The summed E-state index contributed by atoms with van der Waals surface area (Å²) in [5, 5.41) is 2.40. The lowest BCUT2D eigenvalue weighted by Gasteiger charge is -2.20. The Hall–Kier alpha value is -0.910. The largest absolute Gasteiger partial charge is 0.494 e. The fourth-order valence-electron chi connectivity index (χ4n) is 1.74. The van der Waals surface area contributed by atoms with Gasteiger partial charge in [-0.25, -0.2) is 0 Å². The second-order valence-corrected chi connectivity index (χ2v) is 4.86. The van der Waals surface area contributed by atoms with E-state index in [0.717, 1.165) is 15.6 Å². The van der Waals surface area contributed by atoms with Crippen LogP contribution in [0, 0.1) is 20.8 Å². The van der Waals surface area contributed by atoms with Crippen LogP contribution in [0.2, 0.25) is 0 Å². The van der Waals surface area contributed by atoms with Crippen molar-refractivity contribution in [3.05, 3.63) is 21.2 Å². The maximum atomic E-state index is 12.3. The summed E-state index contributed by atoms with van der Waals surface area (Å²) in [5.74, 6) is 0.456. The van der Waals surface area contributed by atoms with Crippen LogP contribution < -0.4 is 10.1 Å². The van der Waals surface area contributed by atoms with Gasteiger partial charge in [-0.3, -0.25) is 0 Å². The number of anilines is 1. The van der Waals surface area contributed by atoms with E-state index in [2.05, 4.69) is 21.2 Å². The molecule has 0 saturated carbocycles. The predicted octanol–water partition coefficient (Wildman–Crippen LogP) is 4.36. The highest BCUT2D eigenvalue weighted by Crippen LogP contribution is 2.40. The van der Waals surface area contributed by atoms with E-state index in [-0.39, 0.29) is 0 Å². The minimum absolute atomic E-state index is 0.379. The number of rotatable bonds is 3. The Morgan fingerprint density at radius 3 is 2.11 bits per heavy atom. The minimum Gasteiger partial charge on any atom is -0.494 e. The van der Waals surface area contributed by atoms with E-state index in [1.165, 1.54) is 7.11 Å². The predicted molar refractivity (Wildman–Crippen MR) is 69.4 cm³/mol. The molecule has 1 N–H and O–H groups in total. The van der Waals surface area contributed by atoms with Gasteiger partial charge in [0.25, 0.3) is 0 Å². The van der Waals surface area contributed by atoms with Crippen LogP contribution in [0.3, 0.4) is 0 Å². The summed E-state index contributed by atoms with van der Waals surface area (Å²) < 4.78 is 42.8. The third-order valence-electron chi connectivity index (χ3n) is 2.83. The Morgan fingerprint density at radius 2 is 1.67 bits per heavy atom. The summed E-state index contributed by atoms with van der Waals surface area (Å²) in [6.07, 6.45) is -4.26. The maximum absolute atomic E-state index is 12.3. The molecule has 0 atom stereocenters. The molecule has 0 bridgehead atoms. The first-order valence-corrected chi connectivity index (χ1v) is 6.12. The zero-order chi connectivity index (χ0) is 14.1. The van der Waals surface area contributed by atoms with Crippen molar-refractivity contribution in [2.75, 3.05) is 19.0 Å². The van der Waals surface area contributed by atoms with Crippen LogP contribution in [0.1, 0.15) is 16.7 Å². The molecule has 0 amide bonds. The second-order valence-electron chi connectivity index (χ2n) is 4.07. The minimum atomic E-state index is -4.26. The van der Waals surface area contributed by atoms with Crippen LogP contribution in [-0.2, 0) is 0 Å². The fraction of sp³-hybridized carbons (Fsp3) is 0.500. The van der Waals surface area contributed by atoms with Gasteiger partial charge in [0, 0.05) is 4.47 Å². The summed E-state index contributed by atoms with van der Waals surface area (Å²) in [6, 6.07) is 0. The third kappa shape index (κ3) is 3.10. The first kappa shape index (κ1) is 15.1. The summed E-state index contributed by atoms with van der Waals surface area (Å²) in [4.78, 5) is 0. The lowest BCUT2D eigenvalue weighted by Crippen LogP contribution is -2.22. The Labute approximate surface area is 113 Å². The van der Waals surface area contributed by atoms with Crippen molar-refractivity contribution >= 4 is 21.6 Å². The number of hydrogen-bond donors (Lipinski definition) is 1. The average molecular weight is 326 g/mol. The normalized spacial score (nSPS) is 11.6. The topological polar surface area (TPSA) is 21.3 Å². The lowest BCUT2D eigenvalue weighted by atomic mass is 10.0. The quantitative estimate of drug-likeness (QED) is 0.891. The standard InChI is InChI=1S/C12H15BrF3NO/c1-6-7(2)11(18-4)10(8(3)9(6)13)17-5-12(14,15)16/h17H,5H2,1-4H3. The molecule has 0 radical (unpaired) electrons. The average Bonchev–Trinajstić information content (AvgIpc) is 2.28. The molecule has 0 aliphatic rings. The molecule has 0 aromatic heterocycles. The number of hydrogen-bond acceptors (Lipinski definition) is 2. The van der Waals surface area contributed by atoms with Gasteiger partial charge >= 0.3 is 6.18 Å². The van der Waals surface area contributed by atoms with Gasteiger partial charge < -0.3 is 10.1 Å².